The standard InChI is InChI=1S/C24H15F4NO2/c1-13-21(23(30)31)19-12-18(25)10-11-20(19)29-22(13)16-4-2-14(3-5-16)15-6-8-17(9-7-15)24(26,27)28/h2-12H,1H3,(H,30,31)/p-1. The predicted molar refractivity (Wildman–Crippen MR) is 107 cm³/mol. The van der Waals surface area contributed by atoms with E-state index in [0.29, 0.717) is 33.5 Å². The molecule has 1 aromatic heterocycles. The lowest BCUT2D eigenvalue weighted by Gasteiger charge is -2.16. The third-order valence-electron chi connectivity index (χ3n) is 5.10. The first-order chi connectivity index (χ1) is 14.6. The molecule has 156 valence electrons. The average Bonchev–Trinajstić information content (AvgIpc) is 2.72. The van der Waals surface area contributed by atoms with Crippen molar-refractivity contribution < 1.29 is 27.5 Å². The predicted octanol–water partition coefficient (Wildman–Crippen LogP) is 5.40. The Hall–Kier alpha value is -3.74. The number of benzene rings is 3. The van der Waals surface area contributed by atoms with Gasteiger partial charge in [0, 0.05) is 16.5 Å². The molecule has 3 aromatic carbocycles. The number of carbonyl (C=O) groups excluding carboxylic acids is 1. The van der Waals surface area contributed by atoms with Gasteiger partial charge in [0.1, 0.15) is 5.82 Å². The molecule has 31 heavy (non-hydrogen) atoms. The van der Waals surface area contributed by atoms with E-state index in [4.69, 9.17) is 0 Å². The van der Waals surface area contributed by atoms with Crippen LogP contribution in [0.1, 0.15) is 21.5 Å². The first-order valence-electron chi connectivity index (χ1n) is 9.24. The fourth-order valence-electron chi connectivity index (χ4n) is 3.55. The summed E-state index contributed by atoms with van der Waals surface area (Å²) in [5.41, 5.74) is 2.10. The van der Waals surface area contributed by atoms with Gasteiger partial charge in [-0.15, -0.1) is 0 Å². The molecule has 0 atom stereocenters. The molecule has 4 aromatic rings. The second kappa shape index (κ2) is 7.50. The Morgan fingerprint density at radius 3 is 1.97 bits per heavy atom. The molecule has 0 bridgehead atoms. The highest BCUT2D eigenvalue weighted by molar-refractivity contribution is 6.04. The molecule has 4 rings (SSSR count). The monoisotopic (exact) mass is 424 g/mol. The van der Waals surface area contributed by atoms with Crippen LogP contribution in [0.25, 0.3) is 33.3 Å². The molecule has 0 aliphatic rings. The van der Waals surface area contributed by atoms with E-state index < -0.39 is 23.5 Å². The summed E-state index contributed by atoms with van der Waals surface area (Å²) in [7, 11) is 0. The lowest BCUT2D eigenvalue weighted by molar-refractivity contribution is -0.254. The summed E-state index contributed by atoms with van der Waals surface area (Å²) in [4.78, 5) is 16.2. The van der Waals surface area contributed by atoms with E-state index >= 15 is 0 Å². The summed E-state index contributed by atoms with van der Waals surface area (Å²) in [6, 6.07) is 15.4. The van der Waals surface area contributed by atoms with Crippen molar-refractivity contribution >= 4 is 16.9 Å². The number of carbonyl (C=O) groups is 1. The van der Waals surface area contributed by atoms with Gasteiger partial charge in [-0.25, -0.2) is 9.37 Å². The van der Waals surface area contributed by atoms with Crippen LogP contribution in [0.3, 0.4) is 0 Å². The van der Waals surface area contributed by atoms with Gasteiger partial charge < -0.3 is 9.90 Å². The lowest BCUT2D eigenvalue weighted by Crippen LogP contribution is -2.24. The molecule has 0 saturated heterocycles. The number of carboxylic acids is 1. The minimum absolute atomic E-state index is 0.133. The molecule has 0 saturated carbocycles. The number of hydrogen-bond acceptors (Lipinski definition) is 3. The average molecular weight is 424 g/mol. The zero-order chi connectivity index (χ0) is 22.3. The first kappa shape index (κ1) is 20.5. The Kier molecular flexibility index (Phi) is 4.97. The SMILES string of the molecule is Cc1c(-c2ccc(-c3ccc(C(F)(F)F)cc3)cc2)nc2ccc(F)cc2c1C(=O)[O-]. The number of aromatic nitrogens is 1. The van der Waals surface area contributed by atoms with Gasteiger partial charge in [-0.3, -0.25) is 0 Å². The van der Waals surface area contributed by atoms with Crippen molar-refractivity contribution in [3.8, 4) is 22.4 Å². The summed E-state index contributed by atoms with van der Waals surface area (Å²) in [5, 5.41) is 11.9. The molecule has 3 nitrogen and oxygen atoms in total. The van der Waals surface area contributed by atoms with Gasteiger partial charge in [-0.05, 0) is 53.9 Å². The fraction of sp³-hybridized carbons (Fsp3) is 0.0833. The number of alkyl halides is 3. The Morgan fingerprint density at radius 2 is 1.42 bits per heavy atom. The first-order valence-corrected chi connectivity index (χ1v) is 9.24. The zero-order valence-corrected chi connectivity index (χ0v) is 16.1. The Morgan fingerprint density at radius 1 is 0.871 bits per heavy atom. The third kappa shape index (κ3) is 3.86. The summed E-state index contributed by atoms with van der Waals surface area (Å²) >= 11 is 0. The van der Waals surface area contributed by atoms with Gasteiger partial charge >= 0.3 is 6.18 Å². The maximum absolute atomic E-state index is 13.6. The van der Waals surface area contributed by atoms with Crippen molar-refractivity contribution in [3.05, 3.63) is 89.2 Å². The molecule has 0 unspecified atom stereocenters. The molecule has 0 N–H and O–H groups in total. The van der Waals surface area contributed by atoms with E-state index in [0.717, 1.165) is 18.2 Å². The summed E-state index contributed by atoms with van der Waals surface area (Å²) in [6.45, 7) is 1.57. The molecular formula is C24H14F4NO2-. The van der Waals surface area contributed by atoms with E-state index in [1.54, 1.807) is 31.2 Å². The maximum atomic E-state index is 13.6. The van der Waals surface area contributed by atoms with Gasteiger partial charge in [0.15, 0.2) is 0 Å². The van der Waals surface area contributed by atoms with E-state index in [2.05, 4.69) is 4.98 Å². The summed E-state index contributed by atoms with van der Waals surface area (Å²) < 4.78 is 51.9. The number of hydrogen-bond donors (Lipinski definition) is 0. The molecule has 0 aliphatic carbocycles. The summed E-state index contributed by atoms with van der Waals surface area (Å²) in [5.74, 6) is -2.01. The van der Waals surface area contributed by atoms with Crippen molar-refractivity contribution in [2.45, 2.75) is 13.1 Å². The van der Waals surface area contributed by atoms with Crippen LogP contribution >= 0.6 is 0 Å². The van der Waals surface area contributed by atoms with Crippen molar-refractivity contribution in [1.29, 1.82) is 0 Å². The Labute approximate surface area is 174 Å². The number of fused-ring (bicyclic) bond motifs is 1. The van der Waals surface area contributed by atoms with Gasteiger partial charge in [-0.1, -0.05) is 36.4 Å². The van der Waals surface area contributed by atoms with Gasteiger partial charge in [0.05, 0.1) is 22.7 Å². The number of halogens is 4. The van der Waals surface area contributed by atoms with Crippen molar-refractivity contribution in [3.63, 3.8) is 0 Å². The Balaban J connectivity index is 1.76. The van der Waals surface area contributed by atoms with Gasteiger partial charge in [0.25, 0.3) is 0 Å². The fourth-order valence-corrected chi connectivity index (χ4v) is 3.55. The van der Waals surface area contributed by atoms with Crippen LogP contribution in [-0.2, 0) is 6.18 Å². The van der Waals surface area contributed by atoms with Gasteiger partial charge in [-0.2, -0.15) is 13.2 Å². The van der Waals surface area contributed by atoms with Crippen LogP contribution in [0, 0.1) is 12.7 Å². The molecule has 0 aliphatic heterocycles. The molecular weight excluding hydrogens is 410 g/mol. The lowest BCUT2D eigenvalue weighted by atomic mass is 9.96. The van der Waals surface area contributed by atoms with E-state index in [1.165, 1.54) is 24.3 Å². The number of carboxylic acid groups (broad SMARTS) is 1. The smallest absolute Gasteiger partial charge is 0.416 e. The van der Waals surface area contributed by atoms with E-state index in [-0.39, 0.29) is 10.9 Å². The number of pyridine rings is 1. The highest BCUT2D eigenvalue weighted by Gasteiger charge is 2.30. The van der Waals surface area contributed by atoms with Crippen LogP contribution in [0.5, 0.6) is 0 Å². The Bertz CT molecular complexity index is 1290. The van der Waals surface area contributed by atoms with Crippen molar-refractivity contribution in [2.24, 2.45) is 0 Å². The quantitative estimate of drug-likeness (QED) is 0.414. The molecule has 0 spiro atoms. The van der Waals surface area contributed by atoms with E-state index in [1.807, 2.05) is 0 Å². The molecule has 0 fully saturated rings. The van der Waals surface area contributed by atoms with E-state index in [9.17, 15) is 27.5 Å². The van der Waals surface area contributed by atoms with Crippen LogP contribution in [0.15, 0.2) is 66.7 Å². The van der Waals surface area contributed by atoms with Crippen LogP contribution in [0.2, 0.25) is 0 Å². The number of aromatic carboxylic acids is 1. The van der Waals surface area contributed by atoms with Gasteiger partial charge in [0.2, 0.25) is 0 Å². The van der Waals surface area contributed by atoms with Crippen LogP contribution in [-0.4, -0.2) is 11.0 Å². The molecule has 0 amide bonds. The largest absolute Gasteiger partial charge is 0.545 e. The normalized spacial score (nSPS) is 11.6. The maximum Gasteiger partial charge on any atom is 0.416 e. The van der Waals surface area contributed by atoms with Crippen molar-refractivity contribution in [1.82, 2.24) is 4.98 Å². The number of nitrogens with zero attached hydrogens (tertiary/aromatic N) is 1. The molecule has 7 heteroatoms. The zero-order valence-electron chi connectivity index (χ0n) is 16.1. The second-order valence-electron chi connectivity index (χ2n) is 7.06. The topological polar surface area (TPSA) is 53.0 Å². The van der Waals surface area contributed by atoms with Crippen LogP contribution < -0.4 is 5.11 Å². The minimum atomic E-state index is -4.40. The second-order valence-corrected chi connectivity index (χ2v) is 7.06. The molecule has 0 radical (unpaired) electrons. The number of rotatable bonds is 3. The van der Waals surface area contributed by atoms with Crippen molar-refractivity contribution in [2.75, 3.05) is 0 Å². The highest BCUT2D eigenvalue weighted by atomic mass is 19.4. The molecule has 1 heterocycles. The van der Waals surface area contributed by atoms with Crippen LogP contribution in [0.4, 0.5) is 17.6 Å². The summed E-state index contributed by atoms with van der Waals surface area (Å²) in [6.07, 6.45) is -4.40. The highest BCUT2D eigenvalue weighted by Crippen LogP contribution is 2.33. The minimum Gasteiger partial charge on any atom is -0.545 e. The third-order valence-corrected chi connectivity index (χ3v) is 5.10.